The third kappa shape index (κ3) is 4.66. The van der Waals surface area contributed by atoms with E-state index >= 15 is 0 Å². The number of carboxylic acid groups (broad SMARTS) is 1. The molecule has 2 amide bonds. The molecule has 7 nitrogen and oxygen atoms in total. The Morgan fingerprint density at radius 3 is 2.50 bits per heavy atom. The van der Waals surface area contributed by atoms with Gasteiger partial charge in [-0.25, -0.2) is 13.2 Å². The van der Waals surface area contributed by atoms with Crippen molar-refractivity contribution in [3.05, 3.63) is 0 Å². The van der Waals surface area contributed by atoms with E-state index < -0.39 is 27.1 Å². The molecule has 8 heteroatoms. The van der Waals surface area contributed by atoms with E-state index in [0.29, 0.717) is 12.8 Å². The predicted molar refractivity (Wildman–Crippen MR) is 74.3 cm³/mol. The molecule has 2 N–H and O–H groups in total. The van der Waals surface area contributed by atoms with E-state index in [1.807, 2.05) is 0 Å². The molecule has 1 unspecified atom stereocenters. The molecule has 0 spiro atoms. The minimum Gasteiger partial charge on any atom is -0.481 e. The van der Waals surface area contributed by atoms with E-state index in [1.165, 1.54) is 4.90 Å². The summed E-state index contributed by atoms with van der Waals surface area (Å²) in [5, 5.41) is 10.7. The molecule has 1 saturated heterocycles. The summed E-state index contributed by atoms with van der Waals surface area (Å²) in [7, 11) is -3.08. The average molecular weight is 306 g/mol. The Hall–Kier alpha value is -1.31. The molecule has 1 heterocycles. The quantitative estimate of drug-likeness (QED) is 0.742. The number of urea groups is 1. The molecule has 0 aliphatic carbocycles. The highest BCUT2D eigenvalue weighted by molar-refractivity contribution is 7.92. The summed E-state index contributed by atoms with van der Waals surface area (Å²) in [6, 6.07) is -0.558. The molecule has 0 radical (unpaired) electrons. The highest BCUT2D eigenvalue weighted by Gasteiger charge is 2.31. The normalized spacial score (nSPS) is 20.9. The molecule has 1 aliphatic heterocycles. The van der Waals surface area contributed by atoms with Crippen LogP contribution < -0.4 is 5.32 Å². The fourth-order valence-electron chi connectivity index (χ4n) is 2.20. The Balaban J connectivity index is 2.52. The number of amides is 2. The van der Waals surface area contributed by atoms with E-state index in [2.05, 4.69) is 5.32 Å². The van der Waals surface area contributed by atoms with Crippen LogP contribution in [0.4, 0.5) is 4.79 Å². The third-order valence-electron chi connectivity index (χ3n) is 3.39. The van der Waals surface area contributed by atoms with Gasteiger partial charge in [0.25, 0.3) is 0 Å². The first-order chi connectivity index (χ1) is 9.24. The van der Waals surface area contributed by atoms with Crippen LogP contribution in [0.1, 0.15) is 33.1 Å². The van der Waals surface area contributed by atoms with E-state index in [0.717, 1.165) is 0 Å². The van der Waals surface area contributed by atoms with Crippen LogP contribution in [-0.2, 0) is 14.6 Å². The van der Waals surface area contributed by atoms with Gasteiger partial charge in [0.2, 0.25) is 0 Å². The number of hydrogen-bond acceptors (Lipinski definition) is 4. The van der Waals surface area contributed by atoms with Gasteiger partial charge >= 0.3 is 12.0 Å². The monoisotopic (exact) mass is 306 g/mol. The molecular weight excluding hydrogens is 284 g/mol. The number of carboxylic acids is 1. The van der Waals surface area contributed by atoms with E-state index in [4.69, 9.17) is 5.11 Å². The van der Waals surface area contributed by atoms with Gasteiger partial charge in [0.15, 0.2) is 9.84 Å². The number of carbonyl (C=O) groups is 2. The number of sulfone groups is 1. The maximum Gasteiger partial charge on any atom is 0.317 e. The van der Waals surface area contributed by atoms with Crippen LogP contribution in [0.2, 0.25) is 0 Å². The van der Waals surface area contributed by atoms with Crippen molar-refractivity contribution in [2.75, 3.05) is 18.8 Å². The Kier molecular flexibility index (Phi) is 5.79. The molecule has 20 heavy (non-hydrogen) atoms. The summed E-state index contributed by atoms with van der Waals surface area (Å²) in [6.45, 7) is 3.77. The van der Waals surface area contributed by atoms with Gasteiger partial charge in [-0.05, 0) is 26.7 Å². The van der Waals surface area contributed by atoms with E-state index in [1.54, 1.807) is 13.8 Å². The highest BCUT2D eigenvalue weighted by atomic mass is 32.2. The van der Waals surface area contributed by atoms with Gasteiger partial charge in [-0.2, -0.15) is 0 Å². The van der Waals surface area contributed by atoms with Crippen molar-refractivity contribution >= 4 is 21.8 Å². The fraction of sp³-hybridized carbons (Fsp3) is 0.833. The van der Waals surface area contributed by atoms with Gasteiger partial charge in [0, 0.05) is 19.1 Å². The first-order valence-electron chi connectivity index (χ1n) is 6.72. The van der Waals surface area contributed by atoms with E-state index in [-0.39, 0.29) is 31.3 Å². The smallest absolute Gasteiger partial charge is 0.317 e. The predicted octanol–water partition coefficient (Wildman–Crippen LogP) is 0.458. The van der Waals surface area contributed by atoms with Crippen molar-refractivity contribution < 1.29 is 23.1 Å². The maximum atomic E-state index is 12.0. The molecular formula is C12H22N2O5S. The molecule has 0 bridgehead atoms. The zero-order valence-corrected chi connectivity index (χ0v) is 12.6. The zero-order valence-electron chi connectivity index (χ0n) is 11.8. The second-order valence-corrected chi connectivity index (χ2v) is 7.65. The summed E-state index contributed by atoms with van der Waals surface area (Å²) in [5.74, 6) is -0.790. The number of rotatable bonds is 6. The lowest BCUT2D eigenvalue weighted by atomic mass is 10.2. The first-order valence-corrected chi connectivity index (χ1v) is 8.43. The summed E-state index contributed by atoms with van der Waals surface area (Å²) >= 11 is 0. The molecule has 1 fully saturated rings. The second-order valence-electron chi connectivity index (χ2n) is 5.25. The molecule has 0 aromatic heterocycles. The molecule has 1 rings (SSSR count). The van der Waals surface area contributed by atoms with Crippen molar-refractivity contribution in [1.82, 2.24) is 10.2 Å². The van der Waals surface area contributed by atoms with Gasteiger partial charge in [0.1, 0.15) is 0 Å². The highest BCUT2D eigenvalue weighted by Crippen LogP contribution is 2.19. The Bertz CT molecular complexity index is 460. The van der Waals surface area contributed by atoms with Gasteiger partial charge in [-0.3, -0.25) is 4.79 Å². The van der Waals surface area contributed by atoms with Crippen molar-refractivity contribution in [2.45, 2.75) is 44.4 Å². The maximum absolute atomic E-state index is 12.0. The summed E-state index contributed by atoms with van der Waals surface area (Å²) in [4.78, 5) is 24.0. The lowest BCUT2D eigenvalue weighted by Gasteiger charge is -2.27. The second kappa shape index (κ2) is 6.92. The molecule has 116 valence electrons. The molecule has 0 aromatic rings. The van der Waals surface area contributed by atoms with Crippen LogP contribution in [0.5, 0.6) is 0 Å². The minimum absolute atomic E-state index is 0.0947. The largest absolute Gasteiger partial charge is 0.481 e. The fourth-order valence-corrected chi connectivity index (χ4v) is 3.97. The van der Waals surface area contributed by atoms with Crippen molar-refractivity contribution in [2.24, 2.45) is 0 Å². The molecule has 1 aliphatic rings. The van der Waals surface area contributed by atoms with Crippen LogP contribution in [0.15, 0.2) is 0 Å². The SMILES string of the molecule is CC(C)N(CCC(=O)O)C(=O)NCC1CCCS1(=O)=O. The number of nitrogens with one attached hydrogen (secondary N) is 1. The zero-order chi connectivity index (χ0) is 15.3. The first kappa shape index (κ1) is 16.7. The third-order valence-corrected chi connectivity index (χ3v) is 5.67. The minimum atomic E-state index is -3.08. The van der Waals surface area contributed by atoms with Gasteiger partial charge < -0.3 is 15.3 Å². The Morgan fingerprint density at radius 2 is 2.05 bits per heavy atom. The number of aliphatic carboxylic acids is 1. The average Bonchev–Trinajstić information content (AvgIpc) is 2.65. The summed E-state index contributed by atoms with van der Waals surface area (Å²) in [5.41, 5.74) is 0. The summed E-state index contributed by atoms with van der Waals surface area (Å²) < 4.78 is 23.3. The topological polar surface area (TPSA) is 104 Å². The number of carbonyl (C=O) groups excluding carboxylic acids is 1. The van der Waals surface area contributed by atoms with Crippen LogP contribution >= 0.6 is 0 Å². The van der Waals surface area contributed by atoms with Gasteiger partial charge in [0.05, 0.1) is 17.4 Å². The molecule has 0 saturated carbocycles. The van der Waals surface area contributed by atoms with Crippen molar-refractivity contribution in [3.8, 4) is 0 Å². The van der Waals surface area contributed by atoms with Crippen LogP contribution in [0, 0.1) is 0 Å². The van der Waals surface area contributed by atoms with Gasteiger partial charge in [-0.15, -0.1) is 0 Å². The lowest BCUT2D eigenvalue weighted by Crippen LogP contribution is -2.47. The lowest BCUT2D eigenvalue weighted by molar-refractivity contribution is -0.137. The van der Waals surface area contributed by atoms with Crippen molar-refractivity contribution in [3.63, 3.8) is 0 Å². The van der Waals surface area contributed by atoms with Crippen LogP contribution in [0.25, 0.3) is 0 Å². The summed E-state index contributed by atoms with van der Waals surface area (Å²) in [6.07, 6.45) is 1.07. The standard InChI is InChI=1S/C12H22N2O5S/c1-9(2)14(6-5-11(15)16)12(17)13-8-10-4-3-7-20(10,18)19/h9-10H,3-8H2,1-2H3,(H,13,17)(H,15,16). The number of hydrogen-bond donors (Lipinski definition) is 2. The Morgan fingerprint density at radius 1 is 1.40 bits per heavy atom. The van der Waals surface area contributed by atoms with Gasteiger partial charge in [-0.1, -0.05) is 0 Å². The van der Waals surface area contributed by atoms with E-state index in [9.17, 15) is 18.0 Å². The van der Waals surface area contributed by atoms with Crippen LogP contribution in [-0.4, -0.2) is 60.6 Å². The molecule has 1 atom stereocenters. The van der Waals surface area contributed by atoms with Crippen LogP contribution in [0.3, 0.4) is 0 Å². The van der Waals surface area contributed by atoms with Crippen molar-refractivity contribution in [1.29, 1.82) is 0 Å². The number of nitrogens with zero attached hydrogens (tertiary/aromatic N) is 1. The molecule has 0 aromatic carbocycles. The Labute approximate surface area is 119 Å².